The van der Waals surface area contributed by atoms with Gasteiger partial charge in [-0.15, -0.1) is 0 Å². The molecule has 5 nitrogen and oxygen atoms in total. The summed E-state index contributed by atoms with van der Waals surface area (Å²) in [5.41, 5.74) is 3.30. The van der Waals surface area contributed by atoms with Crippen LogP contribution in [0.3, 0.4) is 0 Å². The summed E-state index contributed by atoms with van der Waals surface area (Å²) in [4.78, 5) is 12.2. The molecule has 0 aliphatic rings. The largest absolute Gasteiger partial charge is 0.493 e. The van der Waals surface area contributed by atoms with Crippen LogP contribution in [0.15, 0.2) is 71.8 Å². The van der Waals surface area contributed by atoms with Crippen LogP contribution >= 0.6 is 0 Å². The molecule has 138 valence electrons. The van der Waals surface area contributed by atoms with Gasteiger partial charge in [-0.2, -0.15) is 5.10 Å². The molecule has 0 aromatic heterocycles. The van der Waals surface area contributed by atoms with Crippen LogP contribution in [0.2, 0.25) is 0 Å². The Balaban J connectivity index is 1.60. The molecule has 0 spiro atoms. The van der Waals surface area contributed by atoms with E-state index in [1.54, 1.807) is 13.1 Å². The van der Waals surface area contributed by atoms with E-state index in [-0.39, 0.29) is 5.91 Å². The molecule has 0 saturated carbocycles. The number of hydrazone groups is 1. The lowest BCUT2D eigenvalue weighted by molar-refractivity contribution is -0.127. The molecule has 1 N–H and O–H groups in total. The normalized spacial score (nSPS) is 12.1. The molecule has 0 unspecified atom stereocenters. The third-order valence-electron chi connectivity index (χ3n) is 4.00. The first-order valence-electron chi connectivity index (χ1n) is 8.87. The lowest BCUT2D eigenvalue weighted by atomic mass is 10.1. The first kappa shape index (κ1) is 18.5. The monoisotopic (exact) mass is 362 g/mol. The van der Waals surface area contributed by atoms with Crippen molar-refractivity contribution in [1.29, 1.82) is 0 Å². The van der Waals surface area contributed by atoms with E-state index in [1.807, 2.05) is 73.7 Å². The minimum absolute atomic E-state index is 0.326. The van der Waals surface area contributed by atoms with Crippen LogP contribution in [-0.2, 0) is 4.79 Å². The van der Waals surface area contributed by atoms with Gasteiger partial charge in [0.05, 0.1) is 12.8 Å². The van der Waals surface area contributed by atoms with Gasteiger partial charge in [-0.1, -0.05) is 42.5 Å². The zero-order valence-corrected chi connectivity index (χ0v) is 15.4. The number of hydrogen-bond acceptors (Lipinski definition) is 4. The Morgan fingerprint density at radius 2 is 1.81 bits per heavy atom. The van der Waals surface area contributed by atoms with Gasteiger partial charge in [0, 0.05) is 5.56 Å². The molecule has 3 rings (SSSR count). The maximum absolute atomic E-state index is 12.2. The number of amides is 1. The number of fused-ring (bicyclic) bond motifs is 1. The predicted molar refractivity (Wildman–Crippen MR) is 107 cm³/mol. The van der Waals surface area contributed by atoms with Crippen LogP contribution in [0.5, 0.6) is 11.5 Å². The highest BCUT2D eigenvalue weighted by atomic mass is 16.5. The van der Waals surface area contributed by atoms with E-state index in [0.29, 0.717) is 12.4 Å². The van der Waals surface area contributed by atoms with Gasteiger partial charge in [0.2, 0.25) is 0 Å². The molecule has 27 heavy (non-hydrogen) atoms. The smallest absolute Gasteiger partial charge is 0.280 e. The fourth-order valence-corrected chi connectivity index (χ4v) is 2.63. The molecule has 0 bridgehead atoms. The Morgan fingerprint density at radius 1 is 1.07 bits per heavy atom. The van der Waals surface area contributed by atoms with Gasteiger partial charge < -0.3 is 9.47 Å². The number of para-hydroxylation sites is 1. The van der Waals surface area contributed by atoms with E-state index >= 15 is 0 Å². The van der Waals surface area contributed by atoms with Crippen molar-refractivity contribution in [1.82, 2.24) is 5.43 Å². The summed E-state index contributed by atoms with van der Waals surface area (Å²) < 4.78 is 11.3. The topological polar surface area (TPSA) is 59.9 Å². The number of nitrogens with one attached hydrogen (secondary N) is 1. The van der Waals surface area contributed by atoms with Crippen LogP contribution in [0, 0.1) is 0 Å². The molecule has 0 saturated heterocycles. The van der Waals surface area contributed by atoms with E-state index in [4.69, 9.17) is 9.47 Å². The highest BCUT2D eigenvalue weighted by Gasteiger charge is 2.14. The molecule has 5 heteroatoms. The second kappa shape index (κ2) is 8.85. The van der Waals surface area contributed by atoms with Gasteiger partial charge in [-0.3, -0.25) is 4.79 Å². The SMILES string of the molecule is CCOc1ccccc1C=NNC(=O)[C@H](C)Oc1ccc2ccccc2c1. The minimum Gasteiger partial charge on any atom is -0.493 e. The lowest BCUT2D eigenvalue weighted by Gasteiger charge is -2.13. The van der Waals surface area contributed by atoms with Crippen LogP contribution in [0.25, 0.3) is 10.8 Å². The van der Waals surface area contributed by atoms with Crippen molar-refractivity contribution in [3.8, 4) is 11.5 Å². The Hall–Kier alpha value is -3.34. The number of carbonyl (C=O) groups is 1. The van der Waals surface area contributed by atoms with Crippen molar-refractivity contribution in [3.63, 3.8) is 0 Å². The summed E-state index contributed by atoms with van der Waals surface area (Å²) in [6.45, 7) is 4.17. The Bertz CT molecular complexity index is 953. The van der Waals surface area contributed by atoms with Gasteiger partial charge in [0.1, 0.15) is 11.5 Å². The van der Waals surface area contributed by atoms with Crippen molar-refractivity contribution >= 4 is 22.9 Å². The second-order valence-corrected chi connectivity index (χ2v) is 5.97. The number of rotatable bonds is 7. The van der Waals surface area contributed by atoms with Gasteiger partial charge in [0.15, 0.2) is 6.10 Å². The zero-order valence-electron chi connectivity index (χ0n) is 15.4. The number of benzene rings is 3. The summed E-state index contributed by atoms with van der Waals surface area (Å²) in [6.07, 6.45) is 0.886. The fourth-order valence-electron chi connectivity index (χ4n) is 2.63. The van der Waals surface area contributed by atoms with Gasteiger partial charge in [-0.05, 0) is 48.9 Å². The highest BCUT2D eigenvalue weighted by Crippen LogP contribution is 2.21. The van der Waals surface area contributed by atoms with Gasteiger partial charge in [0.25, 0.3) is 5.91 Å². The van der Waals surface area contributed by atoms with Crippen LogP contribution in [0.1, 0.15) is 19.4 Å². The summed E-state index contributed by atoms with van der Waals surface area (Å²) >= 11 is 0. The molecule has 0 heterocycles. The summed E-state index contributed by atoms with van der Waals surface area (Å²) in [6, 6.07) is 21.2. The molecule has 0 aliphatic heterocycles. The molecule has 3 aromatic rings. The Morgan fingerprint density at radius 3 is 2.63 bits per heavy atom. The van der Waals surface area contributed by atoms with Crippen molar-refractivity contribution in [2.45, 2.75) is 20.0 Å². The van der Waals surface area contributed by atoms with Crippen molar-refractivity contribution in [3.05, 3.63) is 72.3 Å². The summed E-state index contributed by atoms with van der Waals surface area (Å²) in [7, 11) is 0. The maximum atomic E-state index is 12.2. The number of hydrogen-bond donors (Lipinski definition) is 1. The van der Waals surface area contributed by atoms with Crippen LogP contribution in [0.4, 0.5) is 0 Å². The van der Waals surface area contributed by atoms with E-state index in [1.165, 1.54) is 0 Å². The van der Waals surface area contributed by atoms with Crippen molar-refractivity contribution in [2.75, 3.05) is 6.61 Å². The van der Waals surface area contributed by atoms with Gasteiger partial charge in [-0.25, -0.2) is 5.43 Å². The minimum atomic E-state index is -0.676. The molecule has 0 radical (unpaired) electrons. The van der Waals surface area contributed by atoms with Crippen LogP contribution in [-0.4, -0.2) is 24.8 Å². The highest BCUT2D eigenvalue weighted by molar-refractivity contribution is 5.87. The zero-order chi connectivity index (χ0) is 19.1. The Labute approximate surface area is 158 Å². The third-order valence-corrected chi connectivity index (χ3v) is 4.00. The molecular formula is C22H22N2O3. The first-order chi connectivity index (χ1) is 13.2. The predicted octanol–water partition coefficient (Wildman–Crippen LogP) is 4.16. The standard InChI is InChI=1S/C22H22N2O3/c1-3-26-21-11-7-6-10-19(21)15-23-24-22(25)16(2)27-20-13-12-17-8-4-5-9-18(17)14-20/h4-16H,3H2,1-2H3,(H,24,25)/t16-/m0/s1. The van der Waals surface area contributed by atoms with Crippen LogP contribution < -0.4 is 14.9 Å². The van der Waals surface area contributed by atoms with E-state index < -0.39 is 6.10 Å². The first-order valence-corrected chi connectivity index (χ1v) is 8.87. The lowest BCUT2D eigenvalue weighted by Crippen LogP contribution is -2.33. The average Bonchev–Trinajstić information content (AvgIpc) is 2.69. The summed E-state index contributed by atoms with van der Waals surface area (Å²) in [5, 5.41) is 6.20. The van der Waals surface area contributed by atoms with E-state index in [2.05, 4.69) is 10.5 Å². The number of nitrogens with zero attached hydrogens (tertiary/aromatic N) is 1. The van der Waals surface area contributed by atoms with Crippen molar-refractivity contribution < 1.29 is 14.3 Å². The number of carbonyl (C=O) groups excluding carboxylic acids is 1. The quantitative estimate of drug-likeness (QED) is 0.507. The second-order valence-electron chi connectivity index (χ2n) is 5.97. The van der Waals surface area contributed by atoms with Crippen molar-refractivity contribution in [2.24, 2.45) is 5.10 Å². The molecule has 0 aliphatic carbocycles. The summed E-state index contributed by atoms with van der Waals surface area (Å²) in [5.74, 6) is 1.04. The Kier molecular flexibility index (Phi) is 6.05. The molecular weight excluding hydrogens is 340 g/mol. The number of ether oxygens (including phenoxy) is 2. The van der Waals surface area contributed by atoms with Gasteiger partial charge >= 0.3 is 0 Å². The third kappa shape index (κ3) is 4.85. The fraction of sp³-hybridized carbons (Fsp3) is 0.182. The average molecular weight is 362 g/mol. The molecule has 3 aromatic carbocycles. The molecule has 1 atom stereocenters. The molecule has 0 fully saturated rings. The molecule has 1 amide bonds. The van der Waals surface area contributed by atoms with E-state index in [0.717, 1.165) is 22.1 Å². The van der Waals surface area contributed by atoms with E-state index in [9.17, 15) is 4.79 Å². The maximum Gasteiger partial charge on any atom is 0.280 e.